The van der Waals surface area contributed by atoms with Gasteiger partial charge in [0.25, 0.3) is 5.91 Å². The minimum atomic E-state index is -4.58. The Balaban J connectivity index is 4.77. The molecule has 0 atom stereocenters. The lowest BCUT2D eigenvalue weighted by Crippen LogP contribution is -2.50. The number of hydrogen-bond acceptors (Lipinski definition) is 1. The molecule has 90 valence electrons. The zero-order chi connectivity index (χ0) is 12.2. The minimum absolute atomic E-state index is 0.0544. The molecule has 0 aromatic carbocycles. The Kier molecular flexibility index (Phi) is 5.03. The van der Waals surface area contributed by atoms with E-state index in [9.17, 15) is 22.4 Å². The third-order valence-corrected chi connectivity index (χ3v) is 1.91. The van der Waals surface area contributed by atoms with Crippen molar-refractivity contribution >= 4 is 5.91 Å². The van der Waals surface area contributed by atoms with Gasteiger partial charge in [0.1, 0.15) is 0 Å². The predicted molar refractivity (Wildman–Crippen MR) is 48.1 cm³/mol. The number of amides is 1. The lowest BCUT2D eigenvalue weighted by molar-refractivity contribution is -0.182. The molecule has 0 heterocycles. The molecule has 0 bridgehead atoms. The van der Waals surface area contributed by atoms with Gasteiger partial charge in [-0.05, 0) is 20.3 Å². The molecule has 0 aliphatic carbocycles. The molecule has 0 saturated carbocycles. The van der Waals surface area contributed by atoms with Gasteiger partial charge in [-0.3, -0.25) is 4.79 Å². The second-order valence-corrected chi connectivity index (χ2v) is 3.52. The summed E-state index contributed by atoms with van der Waals surface area (Å²) in [6.07, 6.45) is -3.51. The molecule has 15 heavy (non-hydrogen) atoms. The highest BCUT2D eigenvalue weighted by Gasteiger charge is 2.51. The van der Waals surface area contributed by atoms with Gasteiger partial charge >= 0.3 is 12.3 Å². The van der Waals surface area contributed by atoms with Gasteiger partial charge in [-0.25, -0.2) is 8.78 Å². The van der Waals surface area contributed by atoms with Crippen molar-refractivity contribution in [2.45, 2.75) is 45.6 Å². The van der Waals surface area contributed by atoms with Crippen LogP contribution in [0, 0.1) is 0 Å². The highest BCUT2D eigenvalue weighted by Crippen LogP contribution is 2.26. The molecule has 0 aliphatic heterocycles. The van der Waals surface area contributed by atoms with Crippen molar-refractivity contribution in [1.29, 1.82) is 0 Å². The van der Waals surface area contributed by atoms with Crippen LogP contribution in [0.5, 0.6) is 0 Å². The predicted octanol–water partition coefficient (Wildman–Crippen LogP) is 2.53. The second kappa shape index (κ2) is 5.32. The van der Waals surface area contributed by atoms with Crippen molar-refractivity contribution in [2.75, 3.05) is 6.54 Å². The van der Waals surface area contributed by atoms with Gasteiger partial charge in [-0.2, -0.15) is 8.78 Å². The van der Waals surface area contributed by atoms with E-state index < -0.39 is 24.3 Å². The average Bonchev–Trinajstić information content (AvgIpc) is 2.12. The van der Waals surface area contributed by atoms with E-state index in [1.807, 2.05) is 0 Å². The van der Waals surface area contributed by atoms with E-state index in [0.717, 1.165) is 4.90 Å². The Bertz CT molecular complexity index is 218. The smallest absolute Gasteiger partial charge is 0.335 e. The van der Waals surface area contributed by atoms with Crippen molar-refractivity contribution in [3.05, 3.63) is 0 Å². The third-order valence-electron chi connectivity index (χ3n) is 1.91. The summed E-state index contributed by atoms with van der Waals surface area (Å²) in [5.41, 5.74) is 0. The van der Waals surface area contributed by atoms with Crippen LogP contribution >= 0.6 is 0 Å². The molecule has 0 spiro atoms. The molecular weight excluding hydrogens is 214 g/mol. The molecule has 2 nitrogen and oxygen atoms in total. The number of halogens is 4. The monoisotopic (exact) mass is 229 g/mol. The van der Waals surface area contributed by atoms with Crippen LogP contribution in [0.2, 0.25) is 0 Å². The molecule has 6 heteroatoms. The Labute approximate surface area is 86.2 Å². The van der Waals surface area contributed by atoms with Crippen LogP contribution in [0.1, 0.15) is 27.2 Å². The number of hydrogen-bond donors (Lipinski definition) is 0. The third kappa shape index (κ3) is 3.35. The number of rotatable bonds is 5. The van der Waals surface area contributed by atoms with E-state index in [1.54, 1.807) is 6.92 Å². The van der Waals surface area contributed by atoms with Crippen molar-refractivity contribution in [3.63, 3.8) is 0 Å². The quantitative estimate of drug-likeness (QED) is 0.663. The Morgan fingerprint density at radius 3 is 2.07 bits per heavy atom. The Hall–Kier alpha value is -0.810. The lowest BCUT2D eigenvalue weighted by Gasteiger charge is -2.29. The summed E-state index contributed by atoms with van der Waals surface area (Å²) in [6.45, 7) is 4.76. The zero-order valence-electron chi connectivity index (χ0n) is 8.94. The molecule has 1 amide bonds. The summed E-state index contributed by atoms with van der Waals surface area (Å²) in [5, 5.41) is 0. The lowest BCUT2D eigenvalue weighted by atomic mass is 10.2. The van der Waals surface area contributed by atoms with Crippen molar-refractivity contribution in [2.24, 2.45) is 0 Å². The second-order valence-electron chi connectivity index (χ2n) is 3.52. The van der Waals surface area contributed by atoms with E-state index in [1.165, 1.54) is 13.8 Å². The van der Waals surface area contributed by atoms with E-state index in [-0.39, 0.29) is 6.54 Å². The number of nitrogens with zero attached hydrogens (tertiary/aromatic N) is 1. The highest BCUT2D eigenvalue weighted by molar-refractivity contribution is 5.84. The first-order chi connectivity index (χ1) is 6.75. The van der Waals surface area contributed by atoms with Crippen molar-refractivity contribution in [3.8, 4) is 0 Å². The van der Waals surface area contributed by atoms with Crippen LogP contribution in [0.3, 0.4) is 0 Å². The fourth-order valence-corrected chi connectivity index (χ4v) is 1.12. The molecule has 0 aromatic heterocycles. The first-order valence-electron chi connectivity index (χ1n) is 4.72. The topological polar surface area (TPSA) is 20.3 Å². The fraction of sp³-hybridized carbons (Fsp3) is 0.889. The van der Waals surface area contributed by atoms with Crippen molar-refractivity contribution in [1.82, 2.24) is 4.90 Å². The summed E-state index contributed by atoms with van der Waals surface area (Å²) in [4.78, 5) is 11.9. The minimum Gasteiger partial charge on any atom is -0.335 e. The summed E-state index contributed by atoms with van der Waals surface area (Å²) < 4.78 is 49.3. The van der Waals surface area contributed by atoms with Gasteiger partial charge in [-0.1, -0.05) is 6.92 Å². The number of alkyl halides is 4. The van der Waals surface area contributed by atoms with E-state index in [0.29, 0.717) is 6.42 Å². The van der Waals surface area contributed by atoms with Gasteiger partial charge in [0, 0.05) is 12.6 Å². The molecule has 0 unspecified atom stereocenters. The van der Waals surface area contributed by atoms with Crippen LogP contribution in [-0.2, 0) is 4.79 Å². The SMILES string of the molecule is CCCN(C(=O)C(F)(F)C(F)F)C(C)C. The molecule has 0 aromatic rings. The van der Waals surface area contributed by atoms with E-state index in [2.05, 4.69) is 0 Å². The van der Waals surface area contributed by atoms with Crippen LogP contribution in [0.25, 0.3) is 0 Å². The normalized spacial score (nSPS) is 12.3. The molecule has 0 N–H and O–H groups in total. The van der Waals surface area contributed by atoms with E-state index in [4.69, 9.17) is 0 Å². The number of carbonyl (C=O) groups is 1. The molecule has 0 fully saturated rings. The summed E-state index contributed by atoms with van der Waals surface area (Å²) >= 11 is 0. The first kappa shape index (κ1) is 14.2. The Morgan fingerprint density at radius 2 is 1.80 bits per heavy atom. The fourth-order valence-electron chi connectivity index (χ4n) is 1.12. The van der Waals surface area contributed by atoms with Crippen LogP contribution in [0.4, 0.5) is 17.6 Å². The standard InChI is InChI=1S/C9H15F4NO/c1-4-5-14(6(2)3)8(15)9(12,13)7(10)11/h6-7H,4-5H2,1-3H3. The largest absolute Gasteiger partial charge is 0.383 e. The molecule has 0 aliphatic rings. The summed E-state index contributed by atoms with van der Waals surface area (Å²) in [7, 11) is 0. The average molecular weight is 229 g/mol. The molecule has 0 radical (unpaired) electrons. The summed E-state index contributed by atoms with van der Waals surface area (Å²) in [5.74, 6) is -6.38. The van der Waals surface area contributed by atoms with Crippen molar-refractivity contribution < 1.29 is 22.4 Å². The van der Waals surface area contributed by atoms with Gasteiger partial charge in [0.2, 0.25) is 0 Å². The maximum atomic E-state index is 12.7. The maximum Gasteiger partial charge on any atom is 0.383 e. The van der Waals surface area contributed by atoms with Crippen LogP contribution in [-0.4, -0.2) is 35.7 Å². The van der Waals surface area contributed by atoms with Crippen LogP contribution < -0.4 is 0 Å². The van der Waals surface area contributed by atoms with Gasteiger partial charge in [-0.15, -0.1) is 0 Å². The number of carbonyl (C=O) groups excluding carboxylic acids is 1. The van der Waals surface area contributed by atoms with E-state index >= 15 is 0 Å². The first-order valence-corrected chi connectivity index (χ1v) is 4.72. The maximum absolute atomic E-state index is 12.7. The van der Waals surface area contributed by atoms with Gasteiger partial charge in [0.15, 0.2) is 0 Å². The molecular formula is C9H15F4NO. The Morgan fingerprint density at radius 1 is 1.33 bits per heavy atom. The van der Waals surface area contributed by atoms with Gasteiger partial charge < -0.3 is 4.90 Å². The summed E-state index contributed by atoms with van der Waals surface area (Å²) in [6, 6.07) is -0.512. The van der Waals surface area contributed by atoms with Crippen LogP contribution in [0.15, 0.2) is 0 Å². The highest BCUT2D eigenvalue weighted by atomic mass is 19.3. The molecule has 0 saturated heterocycles. The van der Waals surface area contributed by atoms with Gasteiger partial charge in [0.05, 0.1) is 0 Å². The molecule has 0 rings (SSSR count). The zero-order valence-corrected chi connectivity index (χ0v) is 8.94.